The summed E-state index contributed by atoms with van der Waals surface area (Å²) in [6.45, 7) is 2.48. The maximum atomic E-state index is 13.1. The van der Waals surface area contributed by atoms with E-state index < -0.39 is 45.7 Å². The molecule has 1 fully saturated rings. The minimum absolute atomic E-state index is 0.0280. The molecule has 1 N–H and O–H groups in total. The highest BCUT2D eigenvalue weighted by atomic mass is 35.5. The van der Waals surface area contributed by atoms with Gasteiger partial charge in [0.1, 0.15) is 18.0 Å². The fourth-order valence-corrected chi connectivity index (χ4v) is 6.21. The van der Waals surface area contributed by atoms with Crippen molar-refractivity contribution in [2.24, 2.45) is 0 Å². The van der Waals surface area contributed by atoms with Gasteiger partial charge in [-0.15, -0.1) is 0 Å². The highest BCUT2D eigenvalue weighted by molar-refractivity contribution is 7.91. The summed E-state index contributed by atoms with van der Waals surface area (Å²) in [5.74, 6) is -0.619. The zero-order valence-electron chi connectivity index (χ0n) is 22.2. The van der Waals surface area contributed by atoms with Gasteiger partial charge in [-0.1, -0.05) is 48.0 Å². The van der Waals surface area contributed by atoms with Crippen LogP contribution in [0.2, 0.25) is 5.02 Å². The summed E-state index contributed by atoms with van der Waals surface area (Å²) in [6, 6.07) is 18.6. The van der Waals surface area contributed by atoms with Crippen LogP contribution >= 0.6 is 11.6 Å². The van der Waals surface area contributed by atoms with Gasteiger partial charge >= 0.3 is 5.97 Å². The van der Waals surface area contributed by atoms with Crippen molar-refractivity contribution in [3.63, 3.8) is 0 Å². The molecule has 212 valence electrons. The number of Topliss-reactive ketones (excluding diaryl/α,β-unsaturated/α-hetero) is 1. The van der Waals surface area contributed by atoms with E-state index in [2.05, 4.69) is 4.74 Å². The smallest absolute Gasteiger partial charge is 0.309 e. The molecule has 40 heavy (non-hydrogen) atoms. The number of halogens is 1. The van der Waals surface area contributed by atoms with Crippen molar-refractivity contribution in [2.45, 2.75) is 49.4 Å². The second kappa shape index (κ2) is 13.0. The molecule has 3 atom stereocenters. The van der Waals surface area contributed by atoms with E-state index in [1.165, 1.54) is 19.2 Å². The number of aliphatic hydroxyl groups excluding tert-OH is 1. The number of esters is 1. The van der Waals surface area contributed by atoms with Gasteiger partial charge in [0.2, 0.25) is 0 Å². The summed E-state index contributed by atoms with van der Waals surface area (Å²) >= 11 is 6.46. The van der Waals surface area contributed by atoms with Gasteiger partial charge in [0.25, 0.3) is 0 Å². The van der Waals surface area contributed by atoms with E-state index in [0.29, 0.717) is 29.2 Å². The van der Waals surface area contributed by atoms with Crippen LogP contribution in [-0.4, -0.2) is 57.0 Å². The zero-order valence-corrected chi connectivity index (χ0v) is 23.8. The Morgan fingerprint density at radius 1 is 1.05 bits per heavy atom. The Labute approximate surface area is 238 Å². The predicted molar refractivity (Wildman–Crippen MR) is 149 cm³/mol. The molecule has 3 aromatic carbocycles. The third-order valence-corrected chi connectivity index (χ3v) is 8.84. The molecule has 1 aliphatic rings. The SMILES string of the molecule is CCOc1ccc(Cc2cc([C@@H]3O[C@H](CS(=O)(=O)c4ccc(CC(=O)OC)cc4)C[C@H](O)C3=O)ccc2Cl)cc1. The number of aliphatic hydroxyl groups is 1. The molecular formula is C30H31ClO8S. The highest BCUT2D eigenvalue weighted by Crippen LogP contribution is 2.33. The number of benzene rings is 3. The second-order valence-electron chi connectivity index (χ2n) is 9.57. The van der Waals surface area contributed by atoms with E-state index >= 15 is 0 Å². The number of carbonyl (C=O) groups excluding carboxylic acids is 2. The van der Waals surface area contributed by atoms with Crippen LogP contribution in [0.5, 0.6) is 5.75 Å². The molecule has 0 aliphatic carbocycles. The highest BCUT2D eigenvalue weighted by Gasteiger charge is 2.39. The van der Waals surface area contributed by atoms with Crippen LogP contribution in [0.3, 0.4) is 0 Å². The minimum Gasteiger partial charge on any atom is -0.494 e. The first-order chi connectivity index (χ1) is 19.1. The number of sulfone groups is 1. The van der Waals surface area contributed by atoms with Gasteiger partial charge in [-0.25, -0.2) is 8.42 Å². The Bertz CT molecular complexity index is 1450. The van der Waals surface area contributed by atoms with Crippen LogP contribution in [0.1, 0.15) is 41.7 Å². The van der Waals surface area contributed by atoms with Gasteiger partial charge in [0.15, 0.2) is 15.6 Å². The Hall–Kier alpha value is -3.24. The lowest BCUT2D eigenvalue weighted by Gasteiger charge is -2.32. The molecule has 0 spiro atoms. The summed E-state index contributed by atoms with van der Waals surface area (Å²) in [5.41, 5.74) is 2.85. The Morgan fingerprint density at radius 3 is 2.38 bits per heavy atom. The summed E-state index contributed by atoms with van der Waals surface area (Å²) < 4.78 is 42.4. The van der Waals surface area contributed by atoms with Crippen LogP contribution < -0.4 is 4.74 Å². The normalized spacial score (nSPS) is 19.3. The molecule has 10 heteroatoms. The third kappa shape index (κ3) is 7.28. The average Bonchev–Trinajstić information content (AvgIpc) is 2.93. The number of methoxy groups -OCH3 is 1. The lowest BCUT2D eigenvalue weighted by Crippen LogP contribution is -2.42. The van der Waals surface area contributed by atoms with E-state index in [4.69, 9.17) is 21.1 Å². The van der Waals surface area contributed by atoms with Crippen molar-refractivity contribution in [2.75, 3.05) is 19.5 Å². The van der Waals surface area contributed by atoms with Crippen molar-refractivity contribution in [3.8, 4) is 5.75 Å². The molecular weight excluding hydrogens is 556 g/mol. The second-order valence-corrected chi connectivity index (χ2v) is 12.0. The first-order valence-electron chi connectivity index (χ1n) is 12.9. The summed E-state index contributed by atoms with van der Waals surface area (Å²) in [5, 5.41) is 11.0. The fraction of sp³-hybridized carbons (Fsp3) is 0.333. The molecule has 1 heterocycles. The van der Waals surface area contributed by atoms with Gasteiger partial charge in [-0.3, -0.25) is 9.59 Å². The number of hydrogen-bond acceptors (Lipinski definition) is 8. The van der Waals surface area contributed by atoms with Crippen LogP contribution in [-0.2, 0) is 41.7 Å². The number of carbonyl (C=O) groups is 2. The summed E-state index contributed by atoms with van der Waals surface area (Å²) in [4.78, 5) is 24.4. The number of rotatable bonds is 10. The molecule has 3 aromatic rings. The Kier molecular flexibility index (Phi) is 9.63. The third-order valence-electron chi connectivity index (χ3n) is 6.67. The van der Waals surface area contributed by atoms with Crippen molar-refractivity contribution in [3.05, 3.63) is 94.0 Å². The standard InChI is InChI=1S/C30H31ClO8S/c1-3-38-23-9-4-19(5-10-23)14-22-16-21(8-13-26(22)31)30-29(34)27(32)17-24(39-30)18-40(35,36)25-11-6-20(7-12-25)15-28(33)37-2/h4-13,16,24,27,30,32H,3,14-15,17-18H2,1-2H3/t24-,27-,30-/m0/s1. The lowest BCUT2D eigenvalue weighted by molar-refractivity contribution is -0.156. The number of ketones is 1. The van der Waals surface area contributed by atoms with Crippen molar-refractivity contribution >= 4 is 33.2 Å². The molecule has 0 radical (unpaired) electrons. The molecule has 1 aliphatic heterocycles. The predicted octanol–water partition coefficient (Wildman–Crippen LogP) is 4.28. The van der Waals surface area contributed by atoms with Crippen LogP contribution in [0, 0.1) is 0 Å². The molecule has 0 saturated carbocycles. The maximum absolute atomic E-state index is 13.1. The van der Waals surface area contributed by atoms with Gasteiger partial charge in [-0.05, 0) is 65.9 Å². The molecule has 0 bridgehead atoms. The number of hydrogen-bond donors (Lipinski definition) is 1. The Morgan fingerprint density at radius 2 is 1.73 bits per heavy atom. The Balaban J connectivity index is 1.50. The van der Waals surface area contributed by atoms with Crippen LogP contribution in [0.4, 0.5) is 0 Å². The van der Waals surface area contributed by atoms with Crippen LogP contribution in [0.15, 0.2) is 71.6 Å². The van der Waals surface area contributed by atoms with Gasteiger partial charge in [0.05, 0.1) is 36.9 Å². The first kappa shape index (κ1) is 29.7. The maximum Gasteiger partial charge on any atom is 0.309 e. The van der Waals surface area contributed by atoms with Gasteiger partial charge in [-0.2, -0.15) is 0 Å². The van der Waals surface area contributed by atoms with Crippen LogP contribution in [0.25, 0.3) is 0 Å². The molecule has 4 rings (SSSR count). The van der Waals surface area contributed by atoms with Crippen molar-refractivity contribution in [1.29, 1.82) is 0 Å². The van der Waals surface area contributed by atoms with E-state index in [0.717, 1.165) is 16.9 Å². The lowest BCUT2D eigenvalue weighted by atomic mass is 9.93. The average molecular weight is 587 g/mol. The van der Waals surface area contributed by atoms with Crippen molar-refractivity contribution in [1.82, 2.24) is 0 Å². The van der Waals surface area contributed by atoms with Gasteiger partial charge < -0.3 is 19.3 Å². The molecule has 8 nitrogen and oxygen atoms in total. The van der Waals surface area contributed by atoms with E-state index in [1.54, 1.807) is 30.3 Å². The summed E-state index contributed by atoms with van der Waals surface area (Å²) in [7, 11) is -2.53. The monoisotopic (exact) mass is 586 g/mol. The van der Waals surface area contributed by atoms with Crippen molar-refractivity contribution < 1.29 is 37.3 Å². The van der Waals surface area contributed by atoms with E-state index in [-0.39, 0.29) is 17.7 Å². The molecule has 1 saturated heterocycles. The van der Waals surface area contributed by atoms with Gasteiger partial charge in [0, 0.05) is 11.4 Å². The topological polar surface area (TPSA) is 116 Å². The quantitative estimate of drug-likeness (QED) is 0.350. The zero-order chi connectivity index (χ0) is 28.9. The molecule has 0 aromatic heterocycles. The summed E-state index contributed by atoms with van der Waals surface area (Å²) in [6.07, 6.45) is -3.04. The molecule has 0 unspecified atom stereocenters. The van der Waals surface area contributed by atoms with E-state index in [1.807, 2.05) is 31.2 Å². The largest absolute Gasteiger partial charge is 0.494 e. The van der Waals surface area contributed by atoms with E-state index in [9.17, 15) is 23.1 Å². The first-order valence-corrected chi connectivity index (χ1v) is 14.9. The minimum atomic E-state index is -3.82. The molecule has 0 amide bonds. The fourth-order valence-electron chi connectivity index (χ4n) is 4.58. The number of ether oxygens (including phenoxy) is 3.